The van der Waals surface area contributed by atoms with E-state index in [1.165, 1.54) is 0 Å². The third-order valence-electron chi connectivity index (χ3n) is 4.30. The highest BCUT2D eigenvalue weighted by Crippen LogP contribution is 2.24. The van der Waals surface area contributed by atoms with Gasteiger partial charge in [-0.25, -0.2) is 0 Å². The van der Waals surface area contributed by atoms with Crippen molar-refractivity contribution in [2.24, 2.45) is 5.92 Å². The van der Waals surface area contributed by atoms with Gasteiger partial charge in [-0.1, -0.05) is 0 Å². The molecule has 4 heteroatoms. The average molecular weight is 268 g/mol. The van der Waals surface area contributed by atoms with Crippen molar-refractivity contribution >= 4 is 5.78 Å². The summed E-state index contributed by atoms with van der Waals surface area (Å²) >= 11 is 0. The Morgan fingerprint density at radius 3 is 2.37 bits per heavy atom. The maximum absolute atomic E-state index is 11.6. The second-order valence-corrected chi connectivity index (χ2v) is 6.77. The van der Waals surface area contributed by atoms with Crippen molar-refractivity contribution in [3.8, 4) is 0 Å². The summed E-state index contributed by atoms with van der Waals surface area (Å²) in [6, 6.07) is 0. The lowest BCUT2D eigenvalue weighted by Crippen LogP contribution is -2.50. The minimum Gasteiger partial charge on any atom is -0.389 e. The van der Waals surface area contributed by atoms with Gasteiger partial charge in [-0.15, -0.1) is 0 Å². The summed E-state index contributed by atoms with van der Waals surface area (Å²) in [5.41, 5.74) is -0.599. The van der Waals surface area contributed by atoms with Gasteiger partial charge in [0, 0.05) is 45.1 Å². The molecule has 0 bridgehead atoms. The normalized spacial score (nSPS) is 27.1. The van der Waals surface area contributed by atoms with Crippen LogP contribution in [0.3, 0.4) is 0 Å². The van der Waals surface area contributed by atoms with Crippen LogP contribution in [0.15, 0.2) is 0 Å². The zero-order valence-electron chi connectivity index (χ0n) is 12.4. The van der Waals surface area contributed by atoms with Crippen LogP contribution in [-0.4, -0.2) is 65.6 Å². The molecule has 1 N–H and O–H groups in total. The van der Waals surface area contributed by atoms with Gasteiger partial charge in [0.1, 0.15) is 5.78 Å². The molecule has 1 saturated heterocycles. The highest BCUT2D eigenvalue weighted by Gasteiger charge is 2.26. The number of ketones is 1. The minimum atomic E-state index is -0.599. The summed E-state index contributed by atoms with van der Waals surface area (Å²) in [4.78, 5) is 16.4. The Morgan fingerprint density at radius 1 is 1.21 bits per heavy atom. The summed E-state index contributed by atoms with van der Waals surface area (Å²) in [5.74, 6) is 0.829. The van der Waals surface area contributed by atoms with E-state index >= 15 is 0 Å². The molecule has 0 amide bonds. The summed E-state index contributed by atoms with van der Waals surface area (Å²) in [6.45, 7) is 9.74. The zero-order chi connectivity index (χ0) is 13.9. The van der Waals surface area contributed by atoms with Crippen LogP contribution in [0.25, 0.3) is 0 Å². The maximum Gasteiger partial charge on any atom is 0.136 e. The molecule has 0 aromatic heterocycles. The fourth-order valence-electron chi connectivity index (χ4n) is 3.25. The Bertz CT molecular complexity index is 304. The van der Waals surface area contributed by atoms with Crippen molar-refractivity contribution in [2.45, 2.75) is 45.1 Å². The van der Waals surface area contributed by atoms with Crippen molar-refractivity contribution < 1.29 is 9.90 Å². The SMILES string of the molecule is CC(C)(O)CN1CCN(CCC2CCCC2=O)CC1. The monoisotopic (exact) mass is 268 g/mol. The first-order chi connectivity index (χ1) is 8.94. The van der Waals surface area contributed by atoms with Crippen LogP contribution in [0.1, 0.15) is 39.5 Å². The number of carbonyl (C=O) groups excluding carboxylic acids is 1. The lowest BCUT2D eigenvalue weighted by molar-refractivity contribution is -0.120. The number of nitrogens with zero attached hydrogens (tertiary/aromatic N) is 2. The number of carbonyl (C=O) groups is 1. The van der Waals surface area contributed by atoms with Crippen LogP contribution in [0, 0.1) is 5.92 Å². The molecule has 2 rings (SSSR count). The van der Waals surface area contributed by atoms with E-state index in [9.17, 15) is 9.90 Å². The molecule has 1 saturated carbocycles. The van der Waals surface area contributed by atoms with Crippen LogP contribution < -0.4 is 0 Å². The van der Waals surface area contributed by atoms with E-state index in [1.54, 1.807) is 0 Å². The molecule has 0 spiro atoms. The van der Waals surface area contributed by atoms with Gasteiger partial charge in [0.05, 0.1) is 5.60 Å². The summed E-state index contributed by atoms with van der Waals surface area (Å²) in [6.07, 6.45) is 4.06. The summed E-state index contributed by atoms with van der Waals surface area (Å²) in [7, 11) is 0. The number of rotatable bonds is 5. The number of β-amino-alcohol motifs (C(OH)–C–C–N with tert-alkyl or cyclic N) is 1. The highest BCUT2D eigenvalue weighted by atomic mass is 16.3. The molecule has 1 unspecified atom stereocenters. The smallest absolute Gasteiger partial charge is 0.136 e. The second kappa shape index (κ2) is 6.33. The van der Waals surface area contributed by atoms with Gasteiger partial charge < -0.3 is 10.0 Å². The van der Waals surface area contributed by atoms with Crippen molar-refractivity contribution in [1.29, 1.82) is 0 Å². The Labute approximate surface area is 116 Å². The Morgan fingerprint density at radius 2 is 1.84 bits per heavy atom. The van der Waals surface area contributed by atoms with Crippen LogP contribution in [0.5, 0.6) is 0 Å². The van der Waals surface area contributed by atoms with Crippen LogP contribution in [0.4, 0.5) is 0 Å². The van der Waals surface area contributed by atoms with Crippen molar-refractivity contribution in [3.05, 3.63) is 0 Å². The molecule has 0 radical (unpaired) electrons. The van der Waals surface area contributed by atoms with E-state index in [1.807, 2.05) is 13.8 Å². The average Bonchev–Trinajstić information content (AvgIpc) is 2.72. The van der Waals surface area contributed by atoms with Crippen molar-refractivity contribution in [1.82, 2.24) is 9.80 Å². The van der Waals surface area contributed by atoms with E-state index in [0.29, 0.717) is 11.7 Å². The predicted molar refractivity (Wildman–Crippen MR) is 76.1 cm³/mol. The molecule has 2 aliphatic rings. The van der Waals surface area contributed by atoms with E-state index in [2.05, 4.69) is 9.80 Å². The highest BCUT2D eigenvalue weighted by molar-refractivity contribution is 5.82. The standard InChI is InChI=1S/C15H28N2O2/c1-15(2,19)12-17-10-8-16(9-11-17)7-6-13-4-3-5-14(13)18/h13,19H,3-12H2,1-2H3. The number of Topliss-reactive ketones (excluding diaryl/α,β-unsaturated/α-hetero) is 1. The van der Waals surface area contributed by atoms with E-state index in [4.69, 9.17) is 0 Å². The van der Waals surface area contributed by atoms with Gasteiger partial charge in [-0.2, -0.15) is 0 Å². The molecular weight excluding hydrogens is 240 g/mol. The summed E-state index contributed by atoms with van der Waals surface area (Å²) in [5, 5.41) is 9.82. The van der Waals surface area contributed by atoms with Crippen molar-refractivity contribution in [3.63, 3.8) is 0 Å². The Balaban J connectivity index is 1.65. The topological polar surface area (TPSA) is 43.8 Å². The first-order valence-corrected chi connectivity index (χ1v) is 7.64. The van der Waals surface area contributed by atoms with E-state index in [-0.39, 0.29) is 0 Å². The van der Waals surface area contributed by atoms with Gasteiger partial charge in [-0.05, 0) is 39.7 Å². The van der Waals surface area contributed by atoms with Crippen LogP contribution in [0.2, 0.25) is 0 Å². The minimum absolute atomic E-state index is 0.342. The number of hydrogen-bond acceptors (Lipinski definition) is 4. The molecule has 1 atom stereocenters. The largest absolute Gasteiger partial charge is 0.389 e. The fraction of sp³-hybridized carbons (Fsp3) is 0.933. The molecule has 0 aromatic rings. The lowest BCUT2D eigenvalue weighted by atomic mass is 10.0. The van der Waals surface area contributed by atoms with E-state index in [0.717, 1.165) is 65.0 Å². The van der Waals surface area contributed by atoms with Gasteiger partial charge >= 0.3 is 0 Å². The molecule has 1 aliphatic heterocycles. The lowest BCUT2D eigenvalue weighted by Gasteiger charge is -2.37. The molecule has 110 valence electrons. The second-order valence-electron chi connectivity index (χ2n) is 6.77. The van der Waals surface area contributed by atoms with Gasteiger partial charge in [0.25, 0.3) is 0 Å². The quantitative estimate of drug-likeness (QED) is 0.812. The molecule has 2 fully saturated rings. The number of hydrogen-bond donors (Lipinski definition) is 1. The molecule has 19 heavy (non-hydrogen) atoms. The van der Waals surface area contributed by atoms with Crippen LogP contribution >= 0.6 is 0 Å². The molecular formula is C15H28N2O2. The molecule has 1 heterocycles. The zero-order valence-corrected chi connectivity index (χ0v) is 12.4. The first-order valence-electron chi connectivity index (χ1n) is 7.64. The third-order valence-corrected chi connectivity index (χ3v) is 4.30. The van der Waals surface area contributed by atoms with E-state index < -0.39 is 5.60 Å². The van der Waals surface area contributed by atoms with Gasteiger partial charge in [0.15, 0.2) is 0 Å². The first kappa shape index (κ1) is 14.9. The number of piperazine rings is 1. The Kier molecular flexibility index (Phi) is 4.98. The molecule has 4 nitrogen and oxygen atoms in total. The van der Waals surface area contributed by atoms with Gasteiger partial charge in [-0.3, -0.25) is 9.69 Å². The Hall–Kier alpha value is -0.450. The number of aliphatic hydroxyl groups is 1. The third kappa shape index (κ3) is 4.86. The maximum atomic E-state index is 11.6. The van der Waals surface area contributed by atoms with Crippen molar-refractivity contribution in [2.75, 3.05) is 39.3 Å². The molecule has 1 aliphatic carbocycles. The van der Waals surface area contributed by atoms with Gasteiger partial charge in [0.2, 0.25) is 0 Å². The predicted octanol–water partition coefficient (Wildman–Crippen LogP) is 1.13. The fourth-order valence-corrected chi connectivity index (χ4v) is 3.25. The summed E-state index contributed by atoms with van der Waals surface area (Å²) < 4.78 is 0. The molecule has 0 aromatic carbocycles. The van der Waals surface area contributed by atoms with Crippen LogP contribution in [-0.2, 0) is 4.79 Å².